The van der Waals surface area contributed by atoms with E-state index in [1.165, 1.54) is 23.1 Å². The highest BCUT2D eigenvalue weighted by Crippen LogP contribution is 2.29. The molecule has 0 radical (unpaired) electrons. The van der Waals surface area contributed by atoms with Crippen molar-refractivity contribution in [1.29, 1.82) is 0 Å². The molecule has 100 valence electrons. The summed E-state index contributed by atoms with van der Waals surface area (Å²) in [5, 5.41) is 9.26. The zero-order chi connectivity index (χ0) is 13.8. The Hall–Kier alpha value is -1.11. The number of carbonyl (C=O) groups is 1. The minimum Gasteiger partial charge on any atom is -0.481 e. The molecule has 2 aromatic rings. The molecule has 0 atom stereocenters. The van der Waals surface area contributed by atoms with Gasteiger partial charge in [0.1, 0.15) is 5.15 Å². The average Bonchev–Trinajstić information content (AvgIpc) is 2.67. The molecule has 0 saturated heterocycles. The number of carboxylic acid groups (broad SMARTS) is 1. The van der Waals surface area contributed by atoms with Crippen molar-refractivity contribution in [2.45, 2.75) is 23.4 Å². The minimum absolute atomic E-state index is 0.0273. The minimum atomic E-state index is -0.834. The van der Waals surface area contributed by atoms with Crippen LogP contribution in [0.2, 0.25) is 5.15 Å². The van der Waals surface area contributed by atoms with Crippen molar-refractivity contribution in [1.82, 2.24) is 9.97 Å². The Bertz CT molecular complexity index is 601. The highest BCUT2D eigenvalue weighted by Gasteiger charge is 2.11. The number of carboxylic acids is 1. The SMILES string of the molecule is Cc1nc(SCc2cccc(Cl)n2)sc1CC(=O)O. The van der Waals surface area contributed by atoms with Gasteiger partial charge in [-0.05, 0) is 19.1 Å². The van der Waals surface area contributed by atoms with E-state index in [2.05, 4.69) is 9.97 Å². The van der Waals surface area contributed by atoms with Crippen LogP contribution in [0.25, 0.3) is 0 Å². The third-order valence-electron chi connectivity index (χ3n) is 2.30. The Balaban J connectivity index is 2.02. The summed E-state index contributed by atoms with van der Waals surface area (Å²) in [6.45, 7) is 1.83. The maximum Gasteiger partial charge on any atom is 0.308 e. The quantitative estimate of drug-likeness (QED) is 0.676. The lowest BCUT2D eigenvalue weighted by Crippen LogP contribution is -1.99. The molecule has 2 heterocycles. The number of rotatable bonds is 5. The molecular formula is C12H11ClN2O2S2. The molecule has 0 spiro atoms. The van der Waals surface area contributed by atoms with E-state index >= 15 is 0 Å². The van der Waals surface area contributed by atoms with Crippen molar-refractivity contribution in [3.8, 4) is 0 Å². The predicted molar refractivity (Wildman–Crippen MR) is 77.0 cm³/mol. The van der Waals surface area contributed by atoms with Crippen LogP contribution in [0.5, 0.6) is 0 Å². The van der Waals surface area contributed by atoms with Gasteiger partial charge in [0.2, 0.25) is 0 Å². The molecule has 0 unspecified atom stereocenters. The van der Waals surface area contributed by atoms with E-state index in [1.807, 2.05) is 19.1 Å². The zero-order valence-electron chi connectivity index (χ0n) is 10.1. The van der Waals surface area contributed by atoms with Crippen LogP contribution in [0.3, 0.4) is 0 Å². The van der Waals surface area contributed by atoms with E-state index in [-0.39, 0.29) is 6.42 Å². The standard InChI is InChI=1S/C12H11ClN2O2S2/c1-7-9(5-11(16)17)19-12(14-7)18-6-8-3-2-4-10(13)15-8/h2-4H,5-6H2,1H3,(H,16,17). The van der Waals surface area contributed by atoms with Crippen molar-refractivity contribution in [3.63, 3.8) is 0 Å². The fourth-order valence-electron chi connectivity index (χ4n) is 1.43. The Morgan fingerprint density at radius 2 is 2.26 bits per heavy atom. The first-order valence-electron chi connectivity index (χ1n) is 5.47. The van der Waals surface area contributed by atoms with Crippen LogP contribution < -0.4 is 0 Å². The molecule has 0 aliphatic heterocycles. The number of aromatic nitrogens is 2. The topological polar surface area (TPSA) is 63.1 Å². The first kappa shape index (κ1) is 14.3. The number of thioether (sulfide) groups is 1. The van der Waals surface area contributed by atoms with Crippen molar-refractivity contribution in [3.05, 3.63) is 39.6 Å². The van der Waals surface area contributed by atoms with E-state index in [4.69, 9.17) is 16.7 Å². The van der Waals surface area contributed by atoms with Gasteiger partial charge in [0.05, 0.1) is 17.8 Å². The lowest BCUT2D eigenvalue weighted by atomic mass is 10.3. The summed E-state index contributed by atoms with van der Waals surface area (Å²) in [7, 11) is 0. The molecule has 0 fully saturated rings. The molecule has 2 aromatic heterocycles. The van der Waals surface area contributed by atoms with Gasteiger partial charge in [0.25, 0.3) is 0 Å². The van der Waals surface area contributed by atoms with Crippen LogP contribution in [0, 0.1) is 6.92 Å². The fourth-order valence-corrected chi connectivity index (χ4v) is 3.74. The normalized spacial score (nSPS) is 10.6. The molecule has 4 nitrogen and oxygen atoms in total. The van der Waals surface area contributed by atoms with Gasteiger partial charge in [-0.3, -0.25) is 4.79 Å². The van der Waals surface area contributed by atoms with Crippen LogP contribution in [0.4, 0.5) is 0 Å². The summed E-state index contributed by atoms with van der Waals surface area (Å²) in [4.78, 5) is 20.0. The highest BCUT2D eigenvalue weighted by atomic mass is 35.5. The molecule has 0 aliphatic carbocycles. The van der Waals surface area contributed by atoms with Gasteiger partial charge in [-0.25, -0.2) is 9.97 Å². The molecular weight excluding hydrogens is 304 g/mol. The van der Waals surface area contributed by atoms with Crippen LogP contribution in [-0.2, 0) is 17.0 Å². The third kappa shape index (κ3) is 4.19. The van der Waals surface area contributed by atoms with Gasteiger partial charge in [-0.15, -0.1) is 11.3 Å². The van der Waals surface area contributed by atoms with Crippen molar-refractivity contribution in [2.75, 3.05) is 0 Å². The van der Waals surface area contributed by atoms with Crippen LogP contribution in [0.1, 0.15) is 16.3 Å². The maximum atomic E-state index is 10.7. The summed E-state index contributed by atoms with van der Waals surface area (Å²) >= 11 is 8.77. The van der Waals surface area contributed by atoms with E-state index in [0.29, 0.717) is 10.9 Å². The second-order valence-electron chi connectivity index (χ2n) is 3.80. The van der Waals surface area contributed by atoms with E-state index in [1.54, 1.807) is 6.07 Å². The van der Waals surface area contributed by atoms with Gasteiger partial charge in [0.15, 0.2) is 4.34 Å². The molecule has 0 saturated carbocycles. The number of hydrogen-bond acceptors (Lipinski definition) is 5. The number of hydrogen-bond donors (Lipinski definition) is 1. The fraction of sp³-hybridized carbons (Fsp3) is 0.250. The molecule has 0 aliphatic rings. The van der Waals surface area contributed by atoms with E-state index in [0.717, 1.165) is 20.6 Å². The summed E-state index contributed by atoms with van der Waals surface area (Å²) in [5.74, 6) is -0.167. The largest absolute Gasteiger partial charge is 0.481 e. The first-order valence-corrected chi connectivity index (χ1v) is 7.65. The van der Waals surface area contributed by atoms with Crippen LogP contribution in [0.15, 0.2) is 22.5 Å². The maximum absolute atomic E-state index is 10.7. The van der Waals surface area contributed by atoms with Gasteiger partial charge in [0, 0.05) is 10.6 Å². The zero-order valence-corrected chi connectivity index (χ0v) is 12.5. The van der Waals surface area contributed by atoms with Gasteiger partial charge in [-0.1, -0.05) is 29.4 Å². The number of nitrogens with zero attached hydrogens (tertiary/aromatic N) is 2. The number of halogens is 1. The van der Waals surface area contributed by atoms with Gasteiger partial charge >= 0.3 is 5.97 Å². The summed E-state index contributed by atoms with van der Waals surface area (Å²) in [6.07, 6.45) is 0.0273. The van der Waals surface area contributed by atoms with E-state index < -0.39 is 5.97 Å². The highest BCUT2D eigenvalue weighted by molar-refractivity contribution is 8.00. The second-order valence-corrected chi connectivity index (χ2v) is 6.49. The van der Waals surface area contributed by atoms with Crippen LogP contribution in [-0.4, -0.2) is 21.0 Å². The Labute approximate surface area is 123 Å². The number of aryl methyl sites for hydroxylation is 1. The van der Waals surface area contributed by atoms with Crippen molar-refractivity contribution < 1.29 is 9.90 Å². The third-order valence-corrected chi connectivity index (χ3v) is 4.85. The smallest absolute Gasteiger partial charge is 0.308 e. The Morgan fingerprint density at radius 3 is 2.95 bits per heavy atom. The monoisotopic (exact) mass is 314 g/mol. The summed E-state index contributed by atoms with van der Waals surface area (Å²) in [5.41, 5.74) is 1.67. The van der Waals surface area contributed by atoms with Crippen molar-refractivity contribution in [2.24, 2.45) is 0 Å². The number of thiazole rings is 1. The molecule has 19 heavy (non-hydrogen) atoms. The second kappa shape index (κ2) is 6.36. The molecule has 0 aromatic carbocycles. The van der Waals surface area contributed by atoms with Crippen molar-refractivity contribution >= 4 is 40.7 Å². The number of pyridine rings is 1. The summed E-state index contributed by atoms with van der Waals surface area (Å²) < 4.78 is 0.857. The van der Waals surface area contributed by atoms with Gasteiger partial charge in [-0.2, -0.15) is 0 Å². The lowest BCUT2D eigenvalue weighted by Gasteiger charge is -1.98. The average molecular weight is 315 g/mol. The predicted octanol–water partition coefficient (Wildman–Crippen LogP) is 3.42. The molecule has 2 rings (SSSR count). The molecule has 0 amide bonds. The van der Waals surface area contributed by atoms with Crippen LogP contribution >= 0.6 is 34.7 Å². The molecule has 7 heteroatoms. The molecule has 0 bridgehead atoms. The van der Waals surface area contributed by atoms with Gasteiger partial charge < -0.3 is 5.11 Å². The molecule has 1 N–H and O–H groups in total. The first-order chi connectivity index (χ1) is 9.04. The Morgan fingerprint density at radius 1 is 1.47 bits per heavy atom. The lowest BCUT2D eigenvalue weighted by molar-refractivity contribution is -0.136. The number of aliphatic carboxylic acids is 1. The summed E-state index contributed by atoms with van der Waals surface area (Å²) in [6, 6.07) is 5.49. The van der Waals surface area contributed by atoms with E-state index in [9.17, 15) is 4.79 Å². The Kier molecular flexibility index (Phi) is 4.79.